The van der Waals surface area contributed by atoms with Gasteiger partial charge in [-0.05, 0) is 57.0 Å². The Morgan fingerprint density at radius 3 is 2.71 bits per heavy atom. The van der Waals surface area contributed by atoms with E-state index in [9.17, 15) is 5.11 Å². The molecule has 1 unspecified atom stereocenters. The molecule has 1 aliphatic rings. The normalized spacial score (nSPS) is 17.7. The molecule has 1 aromatic heterocycles. The minimum Gasteiger partial charge on any atom is -0.395 e. The lowest BCUT2D eigenvalue weighted by atomic mass is 10.2. The number of aromatic nitrogens is 2. The topological polar surface area (TPSA) is 41.3 Å². The van der Waals surface area contributed by atoms with E-state index in [1.165, 1.54) is 31.5 Å². The summed E-state index contributed by atoms with van der Waals surface area (Å²) in [5, 5.41) is 9.43. The van der Waals surface area contributed by atoms with E-state index in [0.29, 0.717) is 12.6 Å². The first kappa shape index (κ1) is 14.5. The molecule has 4 heteroatoms. The highest BCUT2D eigenvalue weighted by Gasteiger charge is 2.26. The highest BCUT2D eigenvalue weighted by Crippen LogP contribution is 2.30. The maximum atomic E-state index is 9.43. The van der Waals surface area contributed by atoms with Crippen LogP contribution in [0, 0.1) is 6.92 Å². The van der Waals surface area contributed by atoms with E-state index in [-0.39, 0.29) is 6.61 Å². The van der Waals surface area contributed by atoms with Crippen molar-refractivity contribution in [3.8, 4) is 0 Å². The number of aliphatic hydroxyl groups is 1. The third kappa shape index (κ3) is 2.70. The number of rotatable bonds is 5. The van der Waals surface area contributed by atoms with Crippen LogP contribution < -0.4 is 0 Å². The van der Waals surface area contributed by atoms with Crippen molar-refractivity contribution in [2.45, 2.75) is 45.7 Å². The average molecular weight is 287 g/mol. The van der Waals surface area contributed by atoms with Crippen LogP contribution in [0.1, 0.15) is 43.6 Å². The summed E-state index contributed by atoms with van der Waals surface area (Å²) in [6, 6.07) is 6.77. The number of nitrogens with zero attached hydrogens (tertiary/aromatic N) is 3. The molecule has 2 heterocycles. The number of fused-ring (bicyclic) bond motifs is 1. The molecule has 0 radical (unpaired) electrons. The second-order valence-electron chi connectivity index (χ2n) is 6.00. The van der Waals surface area contributed by atoms with Crippen molar-refractivity contribution >= 4 is 11.0 Å². The molecule has 3 rings (SSSR count). The number of hydrogen-bond donors (Lipinski definition) is 1. The van der Waals surface area contributed by atoms with Crippen LogP contribution in [0.4, 0.5) is 0 Å². The van der Waals surface area contributed by atoms with Gasteiger partial charge in [-0.2, -0.15) is 0 Å². The third-order valence-corrected chi connectivity index (χ3v) is 4.52. The molecule has 0 aliphatic carbocycles. The zero-order valence-corrected chi connectivity index (χ0v) is 13.0. The number of hydrogen-bond acceptors (Lipinski definition) is 3. The lowest BCUT2D eigenvalue weighted by molar-refractivity contribution is 0.218. The van der Waals surface area contributed by atoms with Gasteiger partial charge in [-0.15, -0.1) is 0 Å². The standard InChI is InChI=1S/C17H25N3O/c1-3-15(19-8-4-5-9-19)17-18-14-12-13(2)6-7-16(14)20(17)10-11-21/h6-7,12,15,21H,3-5,8-11H2,1-2H3. The molecule has 2 aromatic rings. The summed E-state index contributed by atoms with van der Waals surface area (Å²) in [6.07, 6.45) is 3.64. The first-order chi connectivity index (χ1) is 10.2. The fourth-order valence-electron chi connectivity index (χ4n) is 3.51. The van der Waals surface area contributed by atoms with Crippen LogP contribution in [-0.2, 0) is 6.54 Å². The summed E-state index contributed by atoms with van der Waals surface area (Å²) in [5.74, 6) is 1.12. The molecular weight excluding hydrogens is 262 g/mol. The van der Waals surface area contributed by atoms with Crippen LogP contribution >= 0.6 is 0 Å². The van der Waals surface area contributed by atoms with Gasteiger partial charge in [0, 0.05) is 6.54 Å². The number of imidazole rings is 1. The smallest absolute Gasteiger partial charge is 0.127 e. The molecule has 1 saturated heterocycles. The van der Waals surface area contributed by atoms with E-state index in [4.69, 9.17) is 4.98 Å². The van der Waals surface area contributed by atoms with E-state index in [1.807, 2.05) is 0 Å². The quantitative estimate of drug-likeness (QED) is 0.919. The SMILES string of the molecule is CCC(c1nc2cc(C)ccc2n1CCO)N1CCCC1. The zero-order chi connectivity index (χ0) is 14.8. The molecule has 0 saturated carbocycles. The van der Waals surface area contributed by atoms with Gasteiger partial charge in [0.1, 0.15) is 5.82 Å². The highest BCUT2D eigenvalue weighted by molar-refractivity contribution is 5.77. The molecule has 1 atom stereocenters. The van der Waals surface area contributed by atoms with Gasteiger partial charge in [-0.3, -0.25) is 4.90 Å². The Morgan fingerprint density at radius 2 is 2.05 bits per heavy atom. The van der Waals surface area contributed by atoms with Crippen LogP contribution in [-0.4, -0.2) is 39.3 Å². The van der Waals surface area contributed by atoms with Crippen molar-refractivity contribution in [2.75, 3.05) is 19.7 Å². The number of aryl methyl sites for hydroxylation is 1. The van der Waals surface area contributed by atoms with E-state index >= 15 is 0 Å². The van der Waals surface area contributed by atoms with Gasteiger partial charge in [-0.1, -0.05) is 13.0 Å². The Hall–Kier alpha value is -1.39. The van der Waals surface area contributed by atoms with Crippen molar-refractivity contribution in [3.05, 3.63) is 29.6 Å². The van der Waals surface area contributed by atoms with E-state index in [1.54, 1.807) is 0 Å². The van der Waals surface area contributed by atoms with Crippen molar-refractivity contribution < 1.29 is 5.11 Å². The lowest BCUT2D eigenvalue weighted by Gasteiger charge is -2.26. The van der Waals surface area contributed by atoms with E-state index in [2.05, 4.69) is 41.5 Å². The molecule has 4 nitrogen and oxygen atoms in total. The summed E-state index contributed by atoms with van der Waals surface area (Å²) < 4.78 is 2.21. The first-order valence-electron chi connectivity index (χ1n) is 8.06. The predicted octanol–water partition coefficient (Wildman–Crippen LogP) is 2.88. The minimum atomic E-state index is 0.156. The van der Waals surface area contributed by atoms with Gasteiger partial charge in [-0.25, -0.2) is 4.98 Å². The van der Waals surface area contributed by atoms with Crippen molar-refractivity contribution in [1.29, 1.82) is 0 Å². The number of benzene rings is 1. The molecule has 0 spiro atoms. The summed E-state index contributed by atoms with van der Waals surface area (Å²) in [5.41, 5.74) is 3.43. The van der Waals surface area contributed by atoms with Crippen LogP contribution in [0.5, 0.6) is 0 Å². The Labute approximate surface area is 126 Å². The van der Waals surface area contributed by atoms with Gasteiger partial charge in [0.25, 0.3) is 0 Å². The van der Waals surface area contributed by atoms with Gasteiger partial charge in [0.15, 0.2) is 0 Å². The van der Waals surface area contributed by atoms with Gasteiger partial charge in [0.2, 0.25) is 0 Å². The predicted molar refractivity (Wildman–Crippen MR) is 85.4 cm³/mol. The molecule has 0 amide bonds. The Kier molecular flexibility index (Phi) is 4.27. The van der Waals surface area contributed by atoms with Gasteiger partial charge in [0.05, 0.1) is 23.7 Å². The van der Waals surface area contributed by atoms with Crippen LogP contribution in [0.15, 0.2) is 18.2 Å². The molecule has 1 fully saturated rings. The summed E-state index contributed by atoms with van der Waals surface area (Å²) in [7, 11) is 0. The maximum Gasteiger partial charge on any atom is 0.127 e. The van der Waals surface area contributed by atoms with E-state index < -0.39 is 0 Å². The van der Waals surface area contributed by atoms with Crippen LogP contribution in [0.2, 0.25) is 0 Å². The van der Waals surface area contributed by atoms with Crippen molar-refractivity contribution in [2.24, 2.45) is 0 Å². The molecule has 0 bridgehead atoms. The first-order valence-corrected chi connectivity index (χ1v) is 8.06. The third-order valence-electron chi connectivity index (χ3n) is 4.52. The largest absolute Gasteiger partial charge is 0.395 e. The minimum absolute atomic E-state index is 0.156. The second-order valence-corrected chi connectivity index (χ2v) is 6.00. The van der Waals surface area contributed by atoms with Crippen LogP contribution in [0.3, 0.4) is 0 Å². The fourth-order valence-corrected chi connectivity index (χ4v) is 3.51. The molecule has 1 aromatic carbocycles. The van der Waals surface area contributed by atoms with Crippen molar-refractivity contribution in [1.82, 2.24) is 14.5 Å². The van der Waals surface area contributed by atoms with Gasteiger partial charge < -0.3 is 9.67 Å². The van der Waals surface area contributed by atoms with Crippen LogP contribution in [0.25, 0.3) is 11.0 Å². The summed E-state index contributed by atoms with van der Waals surface area (Å²) in [4.78, 5) is 7.46. The average Bonchev–Trinajstić information content (AvgIpc) is 3.10. The second kappa shape index (κ2) is 6.16. The molecular formula is C17H25N3O. The fraction of sp³-hybridized carbons (Fsp3) is 0.588. The molecule has 21 heavy (non-hydrogen) atoms. The number of aliphatic hydroxyl groups excluding tert-OH is 1. The summed E-state index contributed by atoms with van der Waals surface area (Å²) in [6.45, 7) is 7.44. The Bertz CT molecular complexity index is 614. The summed E-state index contributed by atoms with van der Waals surface area (Å²) >= 11 is 0. The van der Waals surface area contributed by atoms with Crippen molar-refractivity contribution in [3.63, 3.8) is 0 Å². The number of likely N-dealkylation sites (tertiary alicyclic amines) is 1. The molecule has 1 aliphatic heterocycles. The highest BCUT2D eigenvalue weighted by atomic mass is 16.3. The Balaban J connectivity index is 2.08. The maximum absolute atomic E-state index is 9.43. The van der Waals surface area contributed by atoms with Gasteiger partial charge >= 0.3 is 0 Å². The zero-order valence-electron chi connectivity index (χ0n) is 13.0. The van der Waals surface area contributed by atoms with E-state index in [0.717, 1.165) is 23.3 Å². The molecule has 114 valence electrons. The lowest BCUT2D eigenvalue weighted by Crippen LogP contribution is -2.28. The molecule has 1 N–H and O–H groups in total. The monoisotopic (exact) mass is 287 g/mol. The Morgan fingerprint density at radius 1 is 1.29 bits per heavy atom.